The molecular weight excluding hydrogens is 258 g/mol. The zero-order valence-electron chi connectivity index (χ0n) is 15.0. The summed E-state index contributed by atoms with van der Waals surface area (Å²) in [6.07, 6.45) is 3.38. The summed E-state index contributed by atoms with van der Waals surface area (Å²) < 4.78 is 0. The van der Waals surface area contributed by atoms with Crippen molar-refractivity contribution in [3.8, 4) is 0 Å². The van der Waals surface area contributed by atoms with E-state index in [1.54, 1.807) is 0 Å². The molecule has 3 nitrogen and oxygen atoms in total. The second-order valence-corrected chi connectivity index (χ2v) is 7.03. The van der Waals surface area contributed by atoms with E-state index in [4.69, 9.17) is 4.98 Å². The molecule has 3 heteroatoms. The van der Waals surface area contributed by atoms with Crippen molar-refractivity contribution in [1.82, 2.24) is 10.3 Å². The predicted molar refractivity (Wildman–Crippen MR) is 93.0 cm³/mol. The van der Waals surface area contributed by atoms with E-state index in [1.165, 1.54) is 24.1 Å². The highest BCUT2D eigenvalue weighted by molar-refractivity contribution is 5.43. The number of hydrogen-bond acceptors (Lipinski definition) is 3. The first-order chi connectivity index (χ1) is 9.76. The Hall–Kier alpha value is -1.09. The molecule has 0 fully saturated rings. The molecular formula is C18H33N3. The largest absolute Gasteiger partial charge is 0.357 e. The Morgan fingerprint density at radius 2 is 1.90 bits per heavy atom. The van der Waals surface area contributed by atoms with Gasteiger partial charge in [-0.1, -0.05) is 20.3 Å². The molecule has 1 aromatic heterocycles. The third kappa shape index (κ3) is 6.04. The Morgan fingerprint density at radius 1 is 1.24 bits per heavy atom. The van der Waals surface area contributed by atoms with E-state index >= 15 is 0 Å². The number of nitrogens with zero attached hydrogens (tertiary/aromatic N) is 2. The molecule has 0 radical (unpaired) electrons. The van der Waals surface area contributed by atoms with E-state index in [0.29, 0.717) is 6.04 Å². The van der Waals surface area contributed by atoms with Gasteiger partial charge in [0.25, 0.3) is 0 Å². The molecule has 0 aliphatic heterocycles. The Morgan fingerprint density at radius 3 is 2.43 bits per heavy atom. The highest BCUT2D eigenvalue weighted by atomic mass is 15.2. The van der Waals surface area contributed by atoms with Crippen molar-refractivity contribution in [1.29, 1.82) is 0 Å². The number of aromatic nitrogens is 1. The quantitative estimate of drug-likeness (QED) is 0.817. The van der Waals surface area contributed by atoms with Crippen molar-refractivity contribution in [3.63, 3.8) is 0 Å². The van der Waals surface area contributed by atoms with Crippen LogP contribution in [-0.2, 0) is 13.0 Å². The van der Waals surface area contributed by atoms with Crippen molar-refractivity contribution in [2.24, 2.45) is 0 Å². The van der Waals surface area contributed by atoms with Crippen LogP contribution in [0.3, 0.4) is 0 Å². The maximum atomic E-state index is 4.80. The molecule has 120 valence electrons. The number of rotatable bonds is 7. The molecule has 0 aromatic carbocycles. The number of aryl methyl sites for hydroxylation is 1. The van der Waals surface area contributed by atoms with Crippen LogP contribution in [0.4, 0.5) is 5.82 Å². The lowest BCUT2D eigenvalue weighted by Crippen LogP contribution is -2.35. The third-order valence-corrected chi connectivity index (χ3v) is 3.84. The second-order valence-electron chi connectivity index (χ2n) is 7.03. The summed E-state index contributed by atoms with van der Waals surface area (Å²) in [7, 11) is 2.16. The van der Waals surface area contributed by atoms with Crippen LogP contribution in [-0.4, -0.2) is 23.6 Å². The zero-order chi connectivity index (χ0) is 16.0. The van der Waals surface area contributed by atoms with E-state index in [0.717, 1.165) is 18.8 Å². The highest BCUT2D eigenvalue weighted by Gasteiger charge is 2.14. The van der Waals surface area contributed by atoms with Crippen LogP contribution in [0.1, 0.15) is 65.6 Å². The van der Waals surface area contributed by atoms with E-state index in [2.05, 4.69) is 70.9 Å². The van der Waals surface area contributed by atoms with Crippen LogP contribution in [0.5, 0.6) is 0 Å². The van der Waals surface area contributed by atoms with Gasteiger partial charge in [0.15, 0.2) is 0 Å². The molecule has 0 aliphatic carbocycles. The van der Waals surface area contributed by atoms with Gasteiger partial charge in [0.05, 0.1) is 0 Å². The Balaban J connectivity index is 2.94. The van der Waals surface area contributed by atoms with Crippen molar-refractivity contribution in [3.05, 3.63) is 23.4 Å². The summed E-state index contributed by atoms with van der Waals surface area (Å²) in [5.74, 6) is 1.10. The van der Waals surface area contributed by atoms with Crippen LogP contribution in [0.25, 0.3) is 0 Å². The normalized spacial score (nSPS) is 13.3. The van der Waals surface area contributed by atoms with Gasteiger partial charge in [0, 0.05) is 30.9 Å². The number of hydrogen-bond donors (Lipinski definition) is 1. The molecule has 0 aliphatic rings. The van der Waals surface area contributed by atoms with Gasteiger partial charge < -0.3 is 10.2 Å². The summed E-state index contributed by atoms with van der Waals surface area (Å²) in [4.78, 5) is 7.11. The summed E-state index contributed by atoms with van der Waals surface area (Å²) in [6.45, 7) is 14.2. The van der Waals surface area contributed by atoms with Gasteiger partial charge in [-0.3, -0.25) is 0 Å². The molecule has 21 heavy (non-hydrogen) atoms. The molecule has 1 heterocycles. The van der Waals surface area contributed by atoms with E-state index in [1.807, 2.05) is 0 Å². The first kappa shape index (κ1) is 18.0. The van der Waals surface area contributed by atoms with Gasteiger partial charge in [-0.25, -0.2) is 4.98 Å². The molecule has 1 unspecified atom stereocenters. The highest BCUT2D eigenvalue weighted by Crippen LogP contribution is 2.19. The van der Waals surface area contributed by atoms with E-state index < -0.39 is 0 Å². The van der Waals surface area contributed by atoms with Crippen LogP contribution in [0, 0.1) is 0 Å². The van der Waals surface area contributed by atoms with Gasteiger partial charge in [-0.05, 0) is 58.2 Å². The standard InChI is InChI=1S/C18H33N3/c1-8-10-14(3)21(7)17-12-15(11-16(9-2)20-17)13-19-18(4,5)6/h11-12,14,19H,8-10,13H2,1-7H3. The monoisotopic (exact) mass is 291 g/mol. The van der Waals surface area contributed by atoms with Crippen molar-refractivity contribution in [2.75, 3.05) is 11.9 Å². The molecule has 0 saturated carbocycles. The Kier molecular flexibility index (Phi) is 6.66. The molecule has 1 N–H and O–H groups in total. The third-order valence-electron chi connectivity index (χ3n) is 3.84. The number of nitrogens with one attached hydrogen (secondary N) is 1. The van der Waals surface area contributed by atoms with Gasteiger partial charge >= 0.3 is 0 Å². The molecule has 1 rings (SSSR count). The molecule has 0 amide bonds. The fraction of sp³-hybridized carbons (Fsp3) is 0.722. The van der Waals surface area contributed by atoms with Crippen molar-refractivity contribution >= 4 is 5.82 Å². The Bertz CT molecular complexity index is 435. The van der Waals surface area contributed by atoms with Gasteiger partial charge in [-0.15, -0.1) is 0 Å². The summed E-state index contributed by atoms with van der Waals surface area (Å²) in [6, 6.07) is 4.97. The van der Waals surface area contributed by atoms with Crippen LogP contribution < -0.4 is 10.2 Å². The average Bonchev–Trinajstić information content (AvgIpc) is 2.43. The Labute approximate surface area is 131 Å². The molecule has 1 atom stereocenters. The van der Waals surface area contributed by atoms with Gasteiger partial charge in [0.2, 0.25) is 0 Å². The summed E-state index contributed by atoms with van der Waals surface area (Å²) >= 11 is 0. The first-order valence-electron chi connectivity index (χ1n) is 8.24. The fourth-order valence-electron chi connectivity index (χ4n) is 2.30. The fourth-order valence-corrected chi connectivity index (χ4v) is 2.30. The van der Waals surface area contributed by atoms with Crippen LogP contribution >= 0.6 is 0 Å². The minimum Gasteiger partial charge on any atom is -0.357 e. The lowest BCUT2D eigenvalue weighted by Gasteiger charge is -2.27. The molecule has 1 aromatic rings. The summed E-state index contributed by atoms with van der Waals surface area (Å²) in [5.41, 5.74) is 2.63. The maximum Gasteiger partial charge on any atom is 0.129 e. The lowest BCUT2D eigenvalue weighted by atomic mass is 10.1. The molecule has 0 spiro atoms. The van der Waals surface area contributed by atoms with E-state index in [-0.39, 0.29) is 5.54 Å². The van der Waals surface area contributed by atoms with Gasteiger partial charge in [-0.2, -0.15) is 0 Å². The smallest absolute Gasteiger partial charge is 0.129 e. The second kappa shape index (κ2) is 7.79. The molecule has 0 bridgehead atoms. The minimum atomic E-state index is 0.136. The molecule has 0 saturated heterocycles. The van der Waals surface area contributed by atoms with Crippen LogP contribution in [0.2, 0.25) is 0 Å². The topological polar surface area (TPSA) is 28.2 Å². The summed E-state index contributed by atoms with van der Waals surface area (Å²) in [5, 5.41) is 3.56. The van der Waals surface area contributed by atoms with Crippen molar-refractivity contribution in [2.45, 2.75) is 78.9 Å². The SMILES string of the molecule is CCCC(C)N(C)c1cc(CNC(C)(C)C)cc(CC)n1. The average molecular weight is 291 g/mol. The zero-order valence-corrected chi connectivity index (χ0v) is 15.0. The predicted octanol–water partition coefficient (Wildman–Crippen LogP) is 4.16. The minimum absolute atomic E-state index is 0.136. The number of pyridine rings is 1. The van der Waals surface area contributed by atoms with Gasteiger partial charge in [0.1, 0.15) is 5.82 Å². The maximum absolute atomic E-state index is 4.80. The van der Waals surface area contributed by atoms with Crippen LogP contribution in [0.15, 0.2) is 12.1 Å². The number of anilines is 1. The van der Waals surface area contributed by atoms with E-state index in [9.17, 15) is 0 Å². The van der Waals surface area contributed by atoms with Crippen molar-refractivity contribution < 1.29 is 0 Å². The lowest BCUT2D eigenvalue weighted by molar-refractivity contribution is 0.424. The first-order valence-corrected chi connectivity index (χ1v) is 8.24.